The van der Waals surface area contributed by atoms with Crippen molar-refractivity contribution in [2.75, 3.05) is 7.11 Å². The van der Waals surface area contributed by atoms with Gasteiger partial charge < -0.3 is 4.74 Å². The average Bonchev–Trinajstić information content (AvgIpc) is 2.38. The maximum absolute atomic E-state index is 5.72. The molecule has 2 unspecified atom stereocenters. The van der Waals surface area contributed by atoms with E-state index in [2.05, 4.69) is 45.3 Å². The first-order valence-corrected chi connectivity index (χ1v) is 6.64. The SMILES string of the molecule is CCC(C)CC(NN)c1cc(C)c(OC)cc1C. The number of rotatable bonds is 6. The molecule has 0 bridgehead atoms. The van der Waals surface area contributed by atoms with Gasteiger partial charge in [0.1, 0.15) is 5.75 Å². The molecule has 3 heteroatoms. The van der Waals surface area contributed by atoms with Crippen molar-refractivity contribution in [3.05, 3.63) is 28.8 Å². The van der Waals surface area contributed by atoms with Gasteiger partial charge in [0.05, 0.1) is 7.11 Å². The first-order valence-electron chi connectivity index (χ1n) is 6.64. The number of hydrogen-bond donors (Lipinski definition) is 2. The van der Waals surface area contributed by atoms with Crippen molar-refractivity contribution in [3.8, 4) is 5.75 Å². The number of benzene rings is 1. The van der Waals surface area contributed by atoms with Gasteiger partial charge >= 0.3 is 0 Å². The molecule has 18 heavy (non-hydrogen) atoms. The lowest BCUT2D eigenvalue weighted by molar-refractivity contribution is 0.400. The van der Waals surface area contributed by atoms with Crippen LogP contribution in [0.3, 0.4) is 0 Å². The Balaban J connectivity index is 3.02. The molecule has 1 rings (SSSR count). The lowest BCUT2D eigenvalue weighted by Gasteiger charge is -2.23. The van der Waals surface area contributed by atoms with Crippen LogP contribution < -0.4 is 16.0 Å². The van der Waals surface area contributed by atoms with Gasteiger partial charge in [0, 0.05) is 6.04 Å². The summed E-state index contributed by atoms with van der Waals surface area (Å²) in [5.41, 5.74) is 6.60. The van der Waals surface area contributed by atoms with Crippen LogP contribution in [0, 0.1) is 19.8 Å². The molecular weight excluding hydrogens is 224 g/mol. The van der Waals surface area contributed by atoms with E-state index in [0.29, 0.717) is 5.92 Å². The van der Waals surface area contributed by atoms with Gasteiger partial charge in [-0.1, -0.05) is 26.3 Å². The maximum Gasteiger partial charge on any atom is 0.122 e. The zero-order chi connectivity index (χ0) is 13.7. The van der Waals surface area contributed by atoms with E-state index in [0.717, 1.165) is 17.7 Å². The number of methoxy groups -OCH3 is 1. The standard InChI is InChI=1S/C15H26N2O/c1-6-10(2)7-14(17-16)13-8-12(4)15(18-5)9-11(13)3/h8-10,14,17H,6-7,16H2,1-5H3. The van der Waals surface area contributed by atoms with Crippen LogP contribution in [0.1, 0.15) is 49.4 Å². The van der Waals surface area contributed by atoms with Crippen molar-refractivity contribution in [1.29, 1.82) is 0 Å². The van der Waals surface area contributed by atoms with E-state index in [1.807, 2.05) is 0 Å². The summed E-state index contributed by atoms with van der Waals surface area (Å²) < 4.78 is 5.34. The van der Waals surface area contributed by atoms with Gasteiger partial charge in [-0.25, -0.2) is 0 Å². The number of hydrogen-bond acceptors (Lipinski definition) is 3. The molecule has 0 heterocycles. The van der Waals surface area contributed by atoms with Crippen LogP contribution in [-0.2, 0) is 0 Å². The topological polar surface area (TPSA) is 47.3 Å². The van der Waals surface area contributed by atoms with E-state index < -0.39 is 0 Å². The fourth-order valence-corrected chi connectivity index (χ4v) is 2.26. The molecule has 0 aromatic heterocycles. The highest BCUT2D eigenvalue weighted by molar-refractivity contribution is 5.42. The van der Waals surface area contributed by atoms with Crippen LogP contribution >= 0.6 is 0 Å². The van der Waals surface area contributed by atoms with E-state index in [1.54, 1.807) is 7.11 Å². The first kappa shape index (κ1) is 15.0. The summed E-state index contributed by atoms with van der Waals surface area (Å²) >= 11 is 0. The predicted molar refractivity (Wildman–Crippen MR) is 76.6 cm³/mol. The second-order valence-electron chi connectivity index (χ2n) is 5.15. The third-order valence-electron chi connectivity index (χ3n) is 3.70. The Bertz CT molecular complexity index is 390. The van der Waals surface area contributed by atoms with Crippen LogP contribution in [-0.4, -0.2) is 7.11 Å². The van der Waals surface area contributed by atoms with E-state index in [1.165, 1.54) is 17.5 Å². The summed E-state index contributed by atoms with van der Waals surface area (Å²) in [4.78, 5) is 0. The average molecular weight is 250 g/mol. The third-order valence-corrected chi connectivity index (χ3v) is 3.70. The highest BCUT2D eigenvalue weighted by Crippen LogP contribution is 2.29. The van der Waals surface area contributed by atoms with Crippen LogP contribution in [0.25, 0.3) is 0 Å². The first-order chi connectivity index (χ1) is 8.53. The lowest BCUT2D eigenvalue weighted by Crippen LogP contribution is -2.30. The molecule has 102 valence electrons. The molecule has 0 radical (unpaired) electrons. The molecule has 1 aromatic rings. The molecule has 3 nitrogen and oxygen atoms in total. The Morgan fingerprint density at radius 2 is 1.94 bits per heavy atom. The third kappa shape index (κ3) is 3.47. The summed E-state index contributed by atoms with van der Waals surface area (Å²) in [6.07, 6.45) is 2.23. The van der Waals surface area contributed by atoms with Crippen molar-refractivity contribution in [2.24, 2.45) is 11.8 Å². The minimum absolute atomic E-state index is 0.213. The Kier molecular flexibility index (Phi) is 5.63. The van der Waals surface area contributed by atoms with Gasteiger partial charge in [0.2, 0.25) is 0 Å². The zero-order valence-electron chi connectivity index (χ0n) is 12.2. The highest BCUT2D eigenvalue weighted by atomic mass is 16.5. The van der Waals surface area contributed by atoms with Gasteiger partial charge in [-0.15, -0.1) is 0 Å². The van der Waals surface area contributed by atoms with Gasteiger partial charge in [-0.05, 0) is 48.9 Å². The summed E-state index contributed by atoms with van der Waals surface area (Å²) in [6.45, 7) is 8.65. The molecular formula is C15H26N2O. The van der Waals surface area contributed by atoms with Crippen LogP contribution in [0.2, 0.25) is 0 Å². The molecule has 0 fully saturated rings. The number of nitrogens with two attached hydrogens (primary N) is 1. The minimum Gasteiger partial charge on any atom is -0.496 e. The number of nitrogens with one attached hydrogen (secondary N) is 1. The fraction of sp³-hybridized carbons (Fsp3) is 0.600. The van der Waals surface area contributed by atoms with Gasteiger partial charge in [0.25, 0.3) is 0 Å². The molecule has 0 amide bonds. The fourth-order valence-electron chi connectivity index (χ4n) is 2.26. The zero-order valence-corrected chi connectivity index (χ0v) is 12.2. The molecule has 0 aliphatic heterocycles. The van der Waals surface area contributed by atoms with Crippen LogP contribution in [0.5, 0.6) is 5.75 Å². The Morgan fingerprint density at radius 3 is 2.44 bits per heavy atom. The molecule has 1 aromatic carbocycles. The smallest absolute Gasteiger partial charge is 0.122 e. The maximum atomic E-state index is 5.72. The normalized spacial score (nSPS) is 14.3. The van der Waals surface area contributed by atoms with E-state index in [-0.39, 0.29) is 6.04 Å². The number of hydrazine groups is 1. The summed E-state index contributed by atoms with van der Waals surface area (Å²) in [6, 6.07) is 4.48. The Labute approximate surface area is 111 Å². The number of ether oxygens (including phenoxy) is 1. The predicted octanol–water partition coefficient (Wildman–Crippen LogP) is 3.25. The van der Waals surface area contributed by atoms with Crippen molar-refractivity contribution in [3.63, 3.8) is 0 Å². The van der Waals surface area contributed by atoms with E-state index >= 15 is 0 Å². The van der Waals surface area contributed by atoms with Gasteiger partial charge in [-0.3, -0.25) is 11.3 Å². The monoisotopic (exact) mass is 250 g/mol. The van der Waals surface area contributed by atoms with E-state index in [4.69, 9.17) is 10.6 Å². The molecule has 0 saturated heterocycles. The van der Waals surface area contributed by atoms with Crippen LogP contribution in [0.15, 0.2) is 12.1 Å². The second-order valence-corrected chi connectivity index (χ2v) is 5.15. The summed E-state index contributed by atoms with van der Waals surface area (Å²) in [5.74, 6) is 7.32. The van der Waals surface area contributed by atoms with Gasteiger partial charge in [-0.2, -0.15) is 0 Å². The molecule has 0 aliphatic carbocycles. The summed E-state index contributed by atoms with van der Waals surface area (Å²) in [7, 11) is 1.71. The second kappa shape index (κ2) is 6.76. The molecule has 0 aliphatic rings. The lowest BCUT2D eigenvalue weighted by atomic mass is 9.91. The molecule has 0 saturated carbocycles. The van der Waals surface area contributed by atoms with Crippen LogP contribution in [0.4, 0.5) is 0 Å². The summed E-state index contributed by atoms with van der Waals surface area (Å²) in [5, 5.41) is 0. The van der Waals surface area contributed by atoms with Gasteiger partial charge in [0.15, 0.2) is 0 Å². The van der Waals surface area contributed by atoms with Crippen molar-refractivity contribution < 1.29 is 4.74 Å². The molecule has 3 N–H and O–H groups in total. The highest BCUT2D eigenvalue weighted by Gasteiger charge is 2.16. The van der Waals surface area contributed by atoms with E-state index in [9.17, 15) is 0 Å². The number of aryl methyl sites for hydroxylation is 2. The minimum atomic E-state index is 0.213. The largest absolute Gasteiger partial charge is 0.496 e. The quantitative estimate of drug-likeness (QED) is 0.602. The van der Waals surface area contributed by atoms with Crippen molar-refractivity contribution in [2.45, 2.75) is 46.6 Å². The molecule has 2 atom stereocenters. The Hall–Kier alpha value is -1.06. The van der Waals surface area contributed by atoms with Crippen molar-refractivity contribution >= 4 is 0 Å². The Morgan fingerprint density at radius 1 is 1.28 bits per heavy atom. The molecule has 0 spiro atoms. The van der Waals surface area contributed by atoms with Crippen molar-refractivity contribution in [1.82, 2.24) is 5.43 Å².